The van der Waals surface area contributed by atoms with Gasteiger partial charge in [-0.15, -0.1) is 0 Å². The van der Waals surface area contributed by atoms with Gasteiger partial charge in [0.05, 0.1) is 11.9 Å². The number of anilines is 1. The van der Waals surface area contributed by atoms with Gasteiger partial charge in [0.2, 0.25) is 21.8 Å². The molecule has 0 radical (unpaired) electrons. The summed E-state index contributed by atoms with van der Waals surface area (Å²) in [6.07, 6.45) is 1.06. The van der Waals surface area contributed by atoms with E-state index in [4.69, 9.17) is 0 Å². The second-order valence-electron chi connectivity index (χ2n) is 7.19. The maximum atomic E-state index is 13.3. The molecule has 0 spiro atoms. The Balaban J connectivity index is 2.35. The molecule has 1 N–H and O–H groups in total. The number of hydrogen-bond acceptors (Lipinski definition) is 4. The first kappa shape index (κ1) is 23.4. The van der Waals surface area contributed by atoms with E-state index in [0.717, 1.165) is 21.7 Å². The minimum atomic E-state index is -3.70. The van der Waals surface area contributed by atoms with Crippen LogP contribution in [0.15, 0.2) is 54.6 Å². The third-order valence-corrected chi connectivity index (χ3v) is 5.82. The summed E-state index contributed by atoms with van der Waals surface area (Å²) in [4.78, 5) is 27.1. The summed E-state index contributed by atoms with van der Waals surface area (Å²) >= 11 is 0. The van der Waals surface area contributed by atoms with E-state index < -0.39 is 28.5 Å². The van der Waals surface area contributed by atoms with E-state index in [1.165, 1.54) is 4.90 Å². The van der Waals surface area contributed by atoms with E-state index in [-0.39, 0.29) is 12.5 Å². The van der Waals surface area contributed by atoms with Crippen molar-refractivity contribution in [2.24, 2.45) is 0 Å². The van der Waals surface area contributed by atoms with Crippen LogP contribution in [0.3, 0.4) is 0 Å². The minimum Gasteiger partial charge on any atom is -0.355 e. The summed E-state index contributed by atoms with van der Waals surface area (Å²) in [5, 5.41) is 2.73. The Kier molecular flexibility index (Phi) is 8.00. The van der Waals surface area contributed by atoms with E-state index >= 15 is 0 Å². The Morgan fingerprint density at radius 3 is 2.30 bits per heavy atom. The van der Waals surface area contributed by atoms with Gasteiger partial charge in [0.15, 0.2) is 0 Å². The highest BCUT2D eigenvalue weighted by Crippen LogP contribution is 2.18. The topological polar surface area (TPSA) is 86.8 Å². The van der Waals surface area contributed by atoms with Gasteiger partial charge in [-0.25, -0.2) is 8.42 Å². The summed E-state index contributed by atoms with van der Waals surface area (Å²) < 4.78 is 25.8. The first-order valence-electron chi connectivity index (χ1n) is 9.79. The normalized spacial score (nSPS) is 12.1. The van der Waals surface area contributed by atoms with Crippen molar-refractivity contribution < 1.29 is 18.0 Å². The van der Waals surface area contributed by atoms with E-state index in [1.807, 2.05) is 31.2 Å². The van der Waals surface area contributed by atoms with Gasteiger partial charge in [0.1, 0.15) is 12.6 Å². The van der Waals surface area contributed by atoms with Gasteiger partial charge in [0, 0.05) is 13.1 Å². The molecule has 0 bridgehead atoms. The Hall–Kier alpha value is -2.87. The van der Waals surface area contributed by atoms with Crippen LogP contribution in [-0.2, 0) is 26.2 Å². The number of carbonyl (C=O) groups is 2. The van der Waals surface area contributed by atoms with E-state index in [2.05, 4.69) is 5.32 Å². The van der Waals surface area contributed by atoms with E-state index in [1.54, 1.807) is 44.2 Å². The number of benzene rings is 2. The van der Waals surface area contributed by atoms with Crippen LogP contribution in [-0.4, -0.2) is 50.5 Å². The van der Waals surface area contributed by atoms with Crippen molar-refractivity contribution in [2.45, 2.75) is 33.4 Å². The molecule has 2 amide bonds. The van der Waals surface area contributed by atoms with Gasteiger partial charge in [-0.1, -0.05) is 48.0 Å². The van der Waals surface area contributed by atoms with E-state index in [0.29, 0.717) is 12.2 Å². The number of carbonyl (C=O) groups excluding carboxylic acids is 2. The molecule has 0 aliphatic rings. The largest absolute Gasteiger partial charge is 0.355 e. The maximum absolute atomic E-state index is 13.3. The third-order valence-electron chi connectivity index (χ3n) is 4.68. The van der Waals surface area contributed by atoms with Crippen LogP contribution in [0, 0.1) is 6.92 Å². The summed E-state index contributed by atoms with van der Waals surface area (Å²) in [5.74, 6) is -0.742. The zero-order valence-corrected chi connectivity index (χ0v) is 18.6. The smallest absolute Gasteiger partial charge is 0.244 e. The molecule has 1 atom stereocenters. The standard InChI is InChI=1S/C22H29N3O4S/c1-5-23-22(27)18(3)24(15-19-11-9-10-17(2)14-19)21(26)16-25(30(4,28)29)20-12-7-6-8-13-20/h6-14,18H,5,15-16H2,1-4H3,(H,23,27)/t18-/m1/s1. The van der Waals surface area contributed by atoms with Crippen LogP contribution >= 0.6 is 0 Å². The molecule has 162 valence electrons. The van der Waals surface area contributed by atoms with E-state index in [9.17, 15) is 18.0 Å². The van der Waals surface area contributed by atoms with Crippen LogP contribution in [0.2, 0.25) is 0 Å². The molecule has 2 rings (SSSR count). The summed E-state index contributed by atoms with van der Waals surface area (Å²) in [5.41, 5.74) is 2.30. The monoisotopic (exact) mass is 431 g/mol. The molecule has 0 saturated heterocycles. The van der Waals surface area contributed by atoms with Crippen LogP contribution in [0.4, 0.5) is 5.69 Å². The molecule has 0 aliphatic carbocycles. The first-order chi connectivity index (χ1) is 14.1. The SMILES string of the molecule is CCNC(=O)[C@@H](C)N(Cc1cccc(C)c1)C(=O)CN(c1ccccc1)S(C)(=O)=O. The first-order valence-corrected chi connectivity index (χ1v) is 11.6. The number of rotatable bonds is 9. The molecule has 8 heteroatoms. The summed E-state index contributed by atoms with van der Waals surface area (Å²) in [6, 6.07) is 15.3. The highest BCUT2D eigenvalue weighted by molar-refractivity contribution is 7.92. The number of aryl methyl sites for hydroxylation is 1. The number of likely N-dealkylation sites (N-methyl/N-ethyl adjacent to an activating group) is 1. The Bertz CT molecular complexity index is 977. The number of nitrogens with one attached hydrogen (secondary N) is 1. The number of para-hydroxylation sites is 1. The molecule has 2 aromatic carbocycles. The zero-order valence-electron chi connectivity index (χ0n) is 17.8. The Morgan fingerprint density at radius 2 is 1.73 bits per heavy atom. The molecule has 0 fully saturated rings. The maximum Gasteiger partial charge on any atom is 0.244 e. The average molecular weight is 432 g/mol. The van der Waals surface area contributed by atoms with Crippen molar-refractivity contribution in [1.82, 2.24) is 10.2 Å². The fourth-order valence-electron chi connectivity index (χ4n) is 3.12. The lowest BCUT2D eigenvalue weighted by Crippen LogP contribution is -2.51. The molecule has 0 heterocycles. The molecule has 2 aromatic rings. The van der Waals surface area contributed by atoms with Crippen molar-refractivity contribution >= 4 is 27.5 Å². The number of nitrogens with zero attached hydrogens (tertiary/aromatic N) is 2. The number of sulfonamides is 1. The second kappa shape index (κ2) is 10.2. The van der Waals surface area contributed by atoms with Gasteiger partial charge in [-0.2, -0.15) is 0 Å². The van der Waals surface area contributed by atoms with Gasteiger partial charge in [0.25, 0.3) is 0 Å². The zero-order chi connectivity index (χ0) is 22.3. The van der Waals surface area contributed by atoms with Gasteiger partial charge < -0.3 is 10.2 Å². The molecule has 0 aliphatic heterocycles. The molecule has 30 heavy (non-hydrogen) atoms. The van der Waals surface area contributed by atoms with Gasteiger partial charge >= 0.3 is 0 Å². The van der Waals surface area contributed by atoms with Crippen molar-refractivity contribution in [2.75, 3.05) is 23.7 Å². The van der Waals surface area contributed by atoms with Crippen LogP contribution in [0.25, 0.3) is 0 Å². The average Bonchev–Trinajstić information content (AvgIpc) is 2.69. The lowest BCUT2D eigenvalue weighted by Gasteiger charge is -2.31. The summed E-state index contributed by atoms with van der Waals surface area (Å²) in [6.45, 7) is 5.65. The molecule has 7 nitrogen and oxygen atoms in total. The molecule has 0 saturated carbocycles. The summed E-state index contributed by atoms with van der Waals surface area (Å²) in [7, 11) is -3.70. The Morgan fingerprint density at radius 1 is 1.07 bits per heavy atom. The van der Waals surface area contributed by atoms with Crippen LogP contribution in [0.5, 0.6) is 0 Å². The number of amides is 2. The highest BCUT2D eigenvalue weighted by Gasteiger charge is 2.29. The predicted molar refractivity (Wildman–Crippen MR) is 119 cm³/mol. The second-order valence-corrected chi connectivity index (χ2v) is 9.09. The fourth-order valence-corrected chi connectivity index (χ4v) is 3.97. The minimum absolute atomic E-state index is 0.200. The van der Waals surface area contributed by atoms with Crippen LogP contribution < -0.4 is 9.62 Å². The quantitative estimate of drug-likeness (QED) is 0.660. The lowest BCUT2D eigenvalue weighted by molar-refractivity contribution is -0.139. The van der Waals surface area contributed by atoms with Gasteiger partial charge in [-0.3, -0.25) is 13.9 Å². The third kappa shape index (κ3) is 6.32. The van der Waals surface area contributed by atoms with Gasteiger partial charge in [-0.05, 0) is 38.5 Å². The van der Waals surface area contributed by atoms with Crippen molar-refractivity contribution in [3.63, 3.8) is 0 Å². The highest BCUT2D eigenvalue weighted by atomic mass is 32.2. The predicted octanol–water partition coefficient (Wildman–Crippen LogP) is 2.31. The molecule has 0 unspecified atom stereocenters. The van der Waals surface area contributed by atoms with Crippen LogP contribution in [0.1, 0.15) is 25.0 Å². The number of hydrogen-bond donors (Lipinski definition) is 1. The lowest BCUT2D eigenvalue weighted by atomic mass is 10.1. The van der Waals surface area contributed by atoms with Crippen molar-refractivity contribution in [3.8, 4) is 0 Å². The fraction of sp³-hybridized carbons (Fsp3) is 0.364. The van der Waals surface area contributed by atoms with Crippen molar-refractivity contribution in [3.05, 3.63) is 65.7 Å². The molecule has 0 aromatic heterocycles. The molecular weight excluding hydrogens is 402 g/mol. The molecular formula is C22H29N3O4S. The van der Waals surface area contributed by atoms with Crippen molar-refractivity contribution in [1.29, 1.82) is 0 Å². The Labute approximate surface area is 178 Å².